The third-order valence-electron chi connectivity index (χ3n) is 3.08. The fraction of sp³-hybridized carbons (Fsp3) is 0.188. The number of hydrogen-bond acceptors (Lipinski definition) is 3. The van der Waals surface area contributed by atoms with Crippen molar-refractivity contribution in [2.24, 2.45) is 0 Å². The third kappa shape index (κ3) is 4.05. The summed E-state index contributed by atoms with van der Waals surface area (Å²) in [5.74, 6) is -1.46. The lowest BCUT2D eigenvalue weighted by Crippen LogP contribution is -2.35. The van der Waals surface area contributed by atoms with Crippen LogP contribution in [0.3, 0.4) is 0 Å². The molecule has 1 aromatic carbocycles. The maximum atomic E-state index is 11.9. The van der Waals surface area contributed by atoms with Gasteiger partial charge in [-0.1, -0.05) is 17.7 Å². The average Bonchev–Trinajstić information content (AvgIpc) is 2.49. The van der Waals surface area contributed by atoms with Crippen LogP contribution in [0.1, 0.15) is 16.7 Å². The molecule has 0 saturated heterocycles. The summed E-state index contributed by atoms with van der Waals surface area (Å²) in [5.41, 5.74) is 3.11. The van der Waals surface area contributed by atoms with Gasteiger partial charge in [-0.15, -0.1) is 0 Å². The van der Waals surface area contributed by atoms with E-state index in [0.29, 0.717) is 10.7 Å². The van der Waals surface area contributed by atoms with E-state index in [1.807, 2.05) is 19.9 Å². The van der Waals surface area contributed by atoms with Gasteiger partial charge in [-0.2, -0.15) is 0 Å². The number of amides is 2. The van der Waals surface area contributed by atoms with E-state index in [1.165, 1.54) is 0 Å². The molecule has 0 aliphatic heterocycles. The quantitative estimate of drug-likeness (QED) is 0.855. The molecule has 6 heteroatoms. The second kappa shape index (κ2) is 7.04. The molecule has 0 radical (unpaired) electrons. The van der Waals surface area contributed by atoms with Gasteiger partial charge in [-0.05, 0) is 48.7 Å². The highest BCUT2D eigenvalue weighted by Crippen LogP contribution is 2.27. The number of carbonyl (C=O) groups is 2. The minimum Gasteiger partial charge on any atom is -0.344 e. The van der Waals surface area contributed by atoms with Crippen LogP contribution in [-0.2, 0) is 16.1 Å². The topological polar surface area (TPSA) is 71.1 Å². The van der Waals surface area contributed by atoms with Crippen LogP contribution in [-0.4, -0.2) is 16.8 Å². The van der Waals surface area contributed by atoms with Crippen LogP contribution in [0.15, 0.2) is 36.7 Å². The number of nitrogens with one attached hydrogen (secondary N) is 2. The molecule has 1 heterocycles. The first-order valence-corrected chi connectivity index (χ1v) is 7.10. The van der Waals surface area contributed by atoms with Crippen molar-refractivity contribution in [3.05, 3.63) is 58.4 Å². The Morgan fingerprint density at radius 2 is 1.82 bits per heavy atom. The first-order valence-electron chi connectivity index (χ1n) is 6.72. The summed E-state index contributed by atoms with van der Waals surface area (Å²) in [6, 6.07) is 7.15. The van der Waals surface area contributed by atoms with Crippen molar-refractivity contribution in [2.45, 2.75) is 20.4 Å². The Labute approximate surface area is 133 Å². The van der Waals surface area contributed by atoms with Crippen molar-refractivity contribution in [3.8, 4) is 0 Å². The van der Waals surface area contributed by atoms with Crippen molar-refractivity contribution in [1.82, 2.24) is 10.3 Å². The van der Waals surface area contributed by atoms with Crippen molar-refractivity contribution < 1.29 is 9.59 Å². The number of aryl methyl sites for hydroxylation is 2. The van der Waals surface area contributed by atoms with Gasteiger partial charge in [0.05, 0.1) is 10.7 Å². The summed E-state index contributed by atoms with van der Waals surface area (Å²) in [7, 11) is 0. The Hall–Kier alpha value is -2.40. The molecule has 0 spiro atoms. The highest BCUT2D eigenvalue weighted by Gasteiger charge is 2.16. The van der Waals surface area contributed by atoms with Crippen molar-refractivity contribution in [1.29, 1.82) is 0 Å². The normalized spacial score (nSPS) is 10.1. The lowest BCUT2D eigenvalue weighted by Gasteiger charge is -2.11. The van der Waals surface area contributed by atoms with E-state index in [9.17, 15) is 9.59 Å². The van der Waals surface area contributed by atoms with E-state index in [2.05, 4.69) is 15.6 Å². The number of aromatic nitrogens is 1. The van der Waals surface area contributed by atoms with Gasteiger partial charge in [0, 0.05) is 18.9 Å². The molecule has 0 unspecified atom stereocenters. The Kier molecular flexibility index (Phi) is 5.12. The lowest BCUT2D eigenvalue weighted by molar-refractivity contribution is -0.136. The standard InChI is InChI=1S/C16H16ClN3O2/c1-10-7-11(2)14(13(17)8-10)20-16(22)15(21)19-9-12-3-5-18-6-4-12/h3-8H,9H2,1-2H3,(H,19,21)(H,20,22). The highest BCUT2D eigenvalue weighted by atomic mass is 35.5. The molecule has 114 valence electrons. The monoisotopic (exact) mass is 317 g/mol. The smallest absolute Gasteiger partial charge is 0.313 e. The van der Waals surface area contributed by atoms with Crippen LogP contribution in [0, 0.1) is 13.8 Å². The van der Waals surface area contributed by atoms with E-state index in [0.717, 1.165) is 16.7 Å². The van der Waals surface area contributed by atoms with E-state index >= 15 is 0 Å². The van der Waals surface area contributed by atoms with E-state index in [1.54, 1.807) is 30.6 Å². The molecule has 22 heavy (non-hydrogen) atoms. The lowest BCUT2D eigenvalue weighted by atomic mass is 10.1. The predicted molar refractivity (Wildman–Crippen MR) is 85.6 cm³/mol. The van der Waals surface area contributed by atoms with Gasteiger partial charge >= 0.3 is 11.8 Å². The van der Waals surface area contributed by atoms with Crippen LogP contribution in [0.5, 0.6) is 0 Å². The second-order valence-corrected chi connectivity index (χ2v) is 5.34. The van der Waals surface area contributed by atoms with Crippen LogP contribution >= 0.6 is 11.6 Å². The molecular formula is C16H16ClN3O2. The van der Waals surface area contributed by atoms with Crippen LogP contribution < -0.4 is 10.6 Å². The van der Waals surface area contributed by atoms with Gasteiger partial charge in [-0.25, -0.2) is 0 Å². The zero-order chi connectivity index (χ0) is 16.1. The molecule has 0 aliphatic rings. The maximum absolute atomic E-state index is 11.9. The van der Waals surface area contributed by atoms with Gasteiger partial charge in [-0.3, -0.25) is 14.6 Å². The SMILES string of the molecule is Cc1cc(C)c(NC(=O)C(=O)NCc2ccncc2)c(Cl)c1. The van der Waals surface area contributed by atoms with Crippen LogP contribution in [0.25, 0.3) is 0 Å². The zero-order valence-electron chi connectivity index (χ0n) is 12.3. The molecule has 2 N–H and O–H groups in total. The molecule has 0 atom stereocenters. The number of halogens is 1. The van der Waals surface area contributed by atoms with Gasteiger partial charge in [0.25, 0.3) is 0 Å². The maximum Gasteiger partial charge on any atom is 0.313 e. The van der Waals surface area contributed by atoms with Crippen LogP contribution in [0.4, 0.5) is 5.69 Å². The van der Waals surface area contributed by atoms with Gasteiger partial charge in [0.1, 0.15) is 0 Å². The Balaban J connectivity index is 1.99. The zero-order valence-corrected chi connectivity index (χ0v) is 13.1. The molecule has 5 nitrogen and oxygen atoms in total. The molecule has 2 amide bonds. The van der Waals surface area contributed by atoms with Gasteiger partial charge in [0.2, 0.25) is 0 Å². The highest BCUT2D eigenvalue weighted by molar-refractivity contribution is 6.41. The molecule has 0 fully saturated rings. The summed E-state index contributed by atoms with van der Waals surface area (Å²) in [4.78, 5) is 27.6. The summed E-state index contributed by atoms with van der Waals surface area (Å²) in [5, 5.41) is 5.50. The predicted octanol–water partition coefficient (Wildman–Crippen LogP) is 2.61. The number of carbonyl (C=O) groups excluding carboxylic acids is 2. The Morgan fingerprint density at radius 3 is 2.45 bits per heavy atom. The van der Waals surface area contributed by atoms with Gasteiger partial charge < -0.3 is 10.6 Å². The van der Waals surface area contributed by atoms with Gasteiger partial charge in [0.15, 0.2) is 0 Å². The largest absolute Gasteiger partial charge is 0.344 e. The molecule has 2 rings (SSSR count). The van der Waals surface area contributed by atoms with E-state index < -0.39 is 11.8 Å². The van der Waals surface area contributed by atoms with Crippen LogP contribution in [0.2, 0.25) is 5.02 Å². The molecule has 0 bridgehead atoms. The summed E-state index contributed by atoms with van der Waals surface area (Å²) in [6.45, 7) is 3.99. The van der Waals surface area contributed by atoms with E-state index in [-0.39, 0.29) is 6.54 Å². The molecule has 1 aromatic heterocycles. The average molecular weight is 318 g/mol. The first-order chi connectivity index (χ1) is 10.5. The fourth-order valence-electron chi connectivity index (χ4n) is 2.01. The Morgan fingerprint density at radius 1 is 1.14 bits per heavy atom. The molecule has 2 aromatic rings. The second-order valence-electron chi connectivity index (χ2n) is 4.93. The molecule has 0 saturated carbocycles. The molecular weight excluding hydrogens is 302 g/mol. The minimum atomic E-state index is -0.747. The number of anilines is 1. The summed E-state index contributed by atoms with van der Waals surface area (Å²) >= 11 is 6.10. The van der Waals surface area contributed by atoms with Crippen molar-refractivity contribution in [3.63, 3.8) is 0 Å². The Bertz CT molecular complexity index is 679. The number of benzene rings is 1. The fourth-order valence-corrected chi connectivity index (χ4v) is 2.38. The summed E-state index contributed by atoms with van der Waals surface area (Å²) in [6.07, 6.45) is 3.24. The molecule has 0 aliphatic carbocycles. The van der Waals surface area contributed by atoms with Crippen molar-refractivity contribution in [2.75, 3.05) is 5.32 Å². The number of rotatable bonds is 3. The van der Waals surface area contributed by atoms with Crippen molar-refractivity contribution >= 4 is 29.1 Å². The summed E-state index contributed by atoms with van der Waals surface area (Å²) < 4.78 is 0. The number of hydrogen-bond donors (Lipinski definition) is 2. The number of pyridine rings is 1. The number of nitrogens with zero attached hydrogens (tertiary/aromatic N) is 1. The third-order valence-corrected chi connectivity index (χ3v) is 3.38. The van der Waals surface area contributed by atoms with E-state index in [4.69, 9.17) is 11.6 Å². The minimum absolute atomic E-state index is 0.259. The first kappa shape index (κ1) is 16.0.